The van der Waals surface area contributed by atoms with E-state index < -0.39 is 12.1 Å². The Labute approximate surface area is 67.7 Å². The Bertz CT molecular complexity index is 89.3. The van der Waals surface area contributed by atoms with Gasteiger partial charge >= 0.3 is 5.97 Å². The maximum Gasteiger partial charge on any atom is 0.332 e. The zero-order valence-electron chi connectivity index (χ0n) is 6.62. The zero-order valence-corrected chi connectivity index (χ0v) is 6.62. The number of carbonyl (C=O) groups is 1. The first kappa shape index (κ1) is 16.5. The van der Waals surface area contributed by atoms with Gasteiger partial charge in [-0.3, -0.25) is 0 Å². The van der Waals surface area contributed by atoms with Crippen LogP contribution in [-0.2, 0) is 4.79 Å². The monoisotopic (exact) mass is 159 g/mol. The highest BCUT2D eigenvalue weighted by Crippen LogP contribution is 1.85. The number of aliphatic carboxylic acids is 1. The molecule has 0 bridgehead atoms. The lowest BCUT2D eigenvalue weighted by Gasteiger charge is -1.95. The fourth-order valence-electron chi connectivity index (χ4n) is 0.123. The molecule has 0 aromatic heterocycles. The van der Waals surface area contributed by atoms with Crippen LogP contribution in [0, 0.1) is 6.92 Å². The Morgan fingerprint density at radius 3 is 1.55 bits per heavy atom. The van der Waals surface area contributed by atoms with Gasteiger partial charge in [-0.1, -0.05) is 6.92 Å². The lowest BCUT2D eigenvalue weighted by Crippen LogP contribution is -2.17. The molecule has 0 heterocycles. The molecule has 0 fully saturated rings. The van der Waals surface area contributed by atoms with Gasteiger partial charge in [0.05, 0.1) is 0 Å². The second-order valence-corrected chi connectivity index (χ2v) is 1.14. The van der Waals surface area contributed by atoms with Crippen molar-refractivity contribution in [3.05, 3.63) is 33.2 Å². The molecule has 1 atom stereocenters. The molecule has 3 heteroatoms. The van der Waals surface area contributed by atoms with E-state index >= 15 is 0 Å². The molecular weight excluding hydrogens is 144 g/mol. The average Bonchev–Trinajstić information content (AvgIpc) is 2.10. The number of rotatable bonds is 2. The Hall–Kier alpha value is -1.09. The Morgan fingerprint density at radius 1 is 1.27 bits per heavy atom. The molecule has 0 aliphatic heterocycles. The molecular formula is C8H15O3. The lowest BCUT2D eigenvalue weighted by molar-refractivity contribution is -0.146. The van der Waals surface area contributed by atoms with Crippen LogP contribution in [0.2, 0.25) is 0 Å². The van der Waals surface area contributed by atoms with Gasteiger partial charge in [-0.05, 0) is 6.42 Å². The molecule has 0 saturated carbocycles. The summed E-state index contributed by atoms with van der Waals surface area (Å²) in [5, 5.41) is 16.2. The van der Waals surface area contributed by atoms with Gasteiger partial charge in [0.1, 0.15) is 0 Å². The van der Waals surface area contributed by atoms with Crippen LogP contribution in [0.1, 0.15) is 6.42 Å². The Kier molecular flexibility index (Phi) is 23.9. The average molecular weight is 159 g/mol. The minimum atomic E-state index is -1.29. The van der Waals surface area contributed by atoms with E-state index in [2.05, 4.69) is 33.2 Å². The summed E-state index contributed by atoms with van der Waals surface area (Å²) in [6.45, 7) is 15.2. The van der Waals surface area contributed by atoms with Crippen molar-refractivity contribution in [3.8, 4) is 0 Å². The summed E-state index contributed by atoms with van der Waals surface area (Å²) in [7, 11) is 0. The fourth-order valence-corrected chi connectivity index (χ4v) is 0.123. The molecule has 2 N–H and O–H groups in total. The van der Waals surface area contributed by atoms with Crippen LogP contribution in [0.5, 0.6) is 0 Å². The van der Waals surface area contributed by atoms with Crippen molar-refractivity contribution >= 4 is 5.97 Å². The largest absolute Gasteiger partial charge is 0.479 e. The second kappa shape index (κ2) is 16.0. The first-order chi connectivity index (χ1) is 5.18. The molecule has 0 rings (SSSR count). The summed E-state index contributed by atoms with van der Waals surface area (Å²) in [6, 6.07) is 0. The lowest BCUT2D eigenvalue weighted by atomic mass is 10.3. The highest BCUT2D eigenvalue weighted by Gasteiger charge is 2.07. The smallest absolute Gasteiger partial charge is 0.332 e. The van der Waals surface area contributed by atoms with Gasteiger partial charge in [-0.15, -0.1) is 26.3 Å². The first-order valence-corrected chi connectivity index (χ1v) is 2.88. The molecule has 1 unspecified atom stereocenters. The Balaban J connectivity index is -0.000000138. The van der Waals surface area contributed by atoms with Gasteiger partial charge in [-0.25, -0.2) is 4.79 Å². The minimum absolute atomic E-state index is 0.0231. The summed E-state index contributed by atoms with van der Waals surface area (Å²) in [4.78, 5) is 9.64. The minimum Gasteiger partial charge on any atom is -0.479 e. The van der Waals surface area contributed by atoms with Crippen molar-refractivity contribution < 1.29 is 15.0 Å². The molecule has 0 amide bonds. The molecule has 65 valence electrons. The molecule has 0 aliphatic carbocycles. The second-order valence-electron chi connectivity index (χ2n) is 1.14. The summed E-state index contributed by atoms with van der Waals surface area (Å²) < 4.78 is 0. The topological polar surface area (TPSA) is 57.5 Å². The summed E-state index contributed by atoms with van der Waals surface area (Å²) >= 11 is 0. The third kappa shape index (κ3) is 17.6. The first-order valence-electron chi connectivity index (χ1n) is 2.88. The summed E-state index contributed by atoms with van der Waals surface area (Å²) in [5.74, 6) is -1.21. The van der Waals surface area contributed by atoms with Crippen LogP contribution >= 0.6 is 0 Å². The molecule has 0 aromatic rings. The van der Waals surface area contributed by atoms with Crippen molar-refractivity contribution in [2.24, 2.45) is 0 Å². The van der Waals surface area contributed by atoms with Crippen molar-refractivity contribution in [2.45, 2.75) is 12.5 Å². The third-order valence-corrected chi connectivity index (χ3v) is 0.558. The molecule has 0 aliphatic rings. The fraction of sp³-hybridized carbons (Fsp3) is 0.250. The van der Waals surface area contributed by atoms with Crippen molar-refractivity contribution in [1.82, 2.24) is 0 Å². The van der Waals surface area contributed by atoms with Crippen LogP contribution in [0.15, 0.2) is 26.3 Å². The van der Waals surface area contributed by atoms with Crippen molar-refractivity contribution in [2.75, 3.05) is 0 Å². The van der Waals surface area contributed by atoms with E-state index in [9.17, 15) is 4.79 Å². The van der Waals surface area contributed by atoms with Gasteiger partial charge in [-0.2, -0.15) is 0 Å². The van der Waals surface area contributed by atoms with Crippen LogP contribution < -0.4 is 0 Å². The number of hydrogen-bond acceptors (Lipinski definition) is 2. The van der Waals surface area contributed by atoms with E-state index in [-0.39, 0.29) is 6.42 Å². The van der Waals surface area contributed by atoms with E-state index in [1.807, 2.05) is 0 Å². The van der Waals surface area contributed by atoms with E-state index in [1.165, 1.54) is 0 Å². The maximum absolute atomic E-state index is 9.64. The normalized spacial score (nSPS) is 9.27. The summed E-state index contributed by atoms with van der Waals surface area (Å²) in [6.07, 6.45) is -1.27. The van der Waals surface area contributed by atoms with Gasteiger partial charge < -0.3 is 10.2 Å². The van der Waals surface area contributed by atoms with Gasteiger partial charge in [0, 0.05) is 0 Å². The highest BCUT2D eigenvalue weighted by molar-refractivity contribution is 5.71. The maximum atomic E-state index is 9.64. The molecule has 1 radical (unpaired) electrons. The molecule has 0 saturated heterocycles. The molecule has 0 aromatic carbocycles. The zero-order chi connectivity index (χ0) is 9.86. The molecule has 3 nitrogen and oxygen atoms in total. The van der Waals surface area contributed by atoms with Gasteiger partial charge in [0.15, 0.2) is 6.10 Å². The van der Waals surface area contributed by atoms with E-state index in [0.29, 0.717) is 0 Å². The van der Waals surface area contributed by atoms with Gasteiger partial charge in [0.2, 0.25) is 0 Å². The highest BCUT2D eigenvalue weighted by atomic mass is 16.4. The van der Waals surface area contributed by atoms with Crippen LogP contribution in [-0.4, -0.2) is 22.3 Å². The number of aliphatic hydroxyl groups excluding tert-OH is 1. The molecule has 11 heavy (non-hydrogen) atoms. The predicted octanol–water partition coefficient (Wildman–Crippen LogP) is 1.26. The van der Waals surface area contributed by atoms with Gasteiger partial charge in [0.25, 0.3) is 0 Å². The van der Waals surface area contributed by atoms with Crippen LogP contribution in [0.4, 0.5) is 0 Å². The summed E-state index contributed by atoms with van der Waals surface area (Å²) in [5.41, 5.74) is 0. The Morgan fingerprint density at radius 2 is 1.55 bits per heavy atom. The van der Waals surface area contributed by atoms with E-state index in [1.54, 1.807) is 0 Å². The van der Waals surface area contributed by atoms with Crippen LogP contribution in [0.25, 0.3) is 0 Å². The van der Waals surface area contributed by atoms with Crippen LogP contribution in [0.3, 0.4) is 0 Å². The SMILES string of the molecule is C=C.C=C.[CH2]CC(O)C(=O)O. The standard InChI is InChI=1S/C4H7O3.2C2H4/c1-2-3(5)4(6)7;2*1-2/h3,5H,1-2H2,(H,6,7);2*1-2H2. The van der Waals surface area contributed by atoms with Crippen molar-refractivity contribution in [1.29, 1.82) is 0 Å². The van der Waals surface area contributed by atoms with Crippen molar-refractivity contribution in [3.63, 3.8) is 0 Å². The predicted molar refractivity (Wildman–Crippen MR) is 46.1 cm³/mol. The number of carboxylic acid groups (broad SMARTS) is 1. The van der Waals surface area contributed by atoms with E-state index in [0.717, 1.165) is 0 Å². The quantitative estimate of drug-likeness (QED) is 0.596. The molecule has 0 spiro atoms. The van der Waals surface area contributed by atoms with E-state index in [4.69, 9.17) is 10.2 Å². The number of hydrogen-bond donors (Lipinski definition) is 2. The number of carboxylic acids is 1. The third-order valence-electron chi connectivity index (χ3n) is 0.558. The number of aliphatic hydroxyl groups is 1.